The summed E-state index contributed by atoms with van der Waals surface area (Å²) in [6.45, 7) is 4.99. The Balaban J connectivity index is 1.46. The first-order valence-electron chi connectivity index (χ1n) is 8.66. The monoisotopic (exact) mass is 337 g/mol. The molecule has 0 bridgehead atoms. The molecule has 0 atom stereocenters. The van der Waals surface area contributed by atoms with Crippen LogP contribution in [0.3, 0.4) is 0 Å². The largest absolute Gasteiger partial charge is 0.368 e. The van der Waals surface area contributed by atoms with Crippen LogP contribution in [0.5, 0.6) is 0 Å². The van der Waals surface area contributed by atoms with Crippen LogP contribution in [0.15, 0.2) is 48.8 Å². The Morgan fingerprint density at radius 1 is 0.920 bits per heavy atom. The summed E-state index contributed by atoms with van der Waals surface area (Å²) in [7, 11) is 0. The van der Waals surface area contributed by atoms with Crippen molar-refractivity contribution in [3.8, 4) is 0 Å². The lowest BCUT2D eigenvalue weighted by atomic mass is 10.0. The van der Waals surface area contributed by atoms with E-state index >= 15 is 0 Å². The summed E-state index contributed by atoms with van der Waals surface area (Å²) in [4.78, 5) is 32.7. The number of Topliss-reactive ketones (excluding diaryl/α,β-unsaturated/α-hetero) is 1. The molecule has 0 N–H and O–H groups in total. The summed E-state index contributed by atoms with van der Waals surface area (Å²) in [5.74, 6) is 0.0959. The molecule has 0 aliphatic carbocycles. The molecule has 1 aromatic carbocycles. The van der Waals surface area contributed by atoms with Crippen molar-refractivity contribution < 1.29 is 9.59 Å². The number of benzene rings is 1. The molecule has 1 aromatic heterocycles. The van der Waals surface area contributed by atoms with Crippen LogP contribution in [0.2, 0.25) is 0 Å². The Hall–Kier alpha value is -2.69. The van der Waals surface area contributed by atoms with Crippen molar-refractivity contribution in [1.82, 2.24) is 9.88 Å². The second-order valence-corrected chi connectivity index (χ2v) is 6.36. The molecule has 2 heterocycles. The molecular weight excluding hydrogens is 314 g/mol. The molecule has 0 spiro atoms. The van der Waals surface area contributed by atoms with Crippen LogP contribution in [0.1, 0.15) is 28.8 Å². The predicted octanol–water partition coefficient (Wildman–Crippen LogP) is 2.70. The Bertz CT molecular complexity index is 720. The molecule has 0 unspecified atom stereocenters. The van der Waals surface area contributed by atoms with Gasteiger partial charge in [-0.3, -0.25) is 14.6 Å². The smallest absolute Gasteiger partial charge is 0.223 e. The van der Waals surface area contributed by atoms with Gasteiger partial charge in [-0.25, -0.2) is 0 Å². The van der Waals surface area contributed by atoms with E-state index in [1.807, 2.05) is 48.2 Å². The Kier molecular flexibility index (Phi) is 5.43. The second-order valence-electron chi connectivity index (χ2n) is 6.36. The van der Waals surface area contributed by atoms with Crippen LogP contribution in [0.4, 0.5) is 5.69 Å². The van der Waals surface area contributed by atoms with Crippen molar-refractivity contribution in [3.63, 3.8) is 0 Å². The number of pyridine rings is 1. The van der Waals surface area contributed by atoms with E-state index in [0.717, 1.165) is 24.3 Å². The summed E-state index contributed by atoms with van der Waals surface area (Å²) in [6, 6.07) is 11.5. The SMILES string of the molecule is Cc1ccc(C(=O)CCC(=O)N2CCN(c3ccncc3)CC2)cc1. The van der Waals surface area contributed by atoms with Gasteiger partial charge >= 0.3 is 0 Å². The van der Waals surface area contributed by atoms with Crippen molar-refractivity contribution in [2.45, 2.75) is 19.8 Å². The van der Waals surface area contributed by atoms with Crippen LogP contribution >= 0.6 is 0 Å². The van der Waals surface area contributed by atoms with Gasteiger partial charge in [0.25, 0.3) is 0 Å². The van der Waals surface area contributed by atoms with Gasteiger partial charge in [0.2, 0.25) is 5.91 Å². The first kappa shape index (κ1) is 17.1. The van der Waals surface area contributed by atoms with Crippen molar-refractivity contribution in [3.05, 3.63) is 59.9 Å². The van der Waals surface area contributed by atoms with Gasteiger partial charge in [0.15, 0.2) is 5.78 Å². The van der Waals surface area contributed by atoms with Gasteiger partial charge in [-0.1, -0.05) is 29.8 Å². The minimum Gasteiger partial charge on any atom is -0.368 e. The van der Waals surface area contributed by atoms with Crippen LogP contribution in [-0.2, 0) is 4.79 Å². The zero-order valence-electron chi connectivity index (χ0n) is 14.5. The number of carbonyl (C=O) groups excluding carboxylic acids is 2. The number of aromatic nitrogens is 1. The maximum Gasteiger partial charge on any atom is 0.223 e. The minimum absolute atomic E-state index is 0.0313. The highest BCUT2D eigenvalue weighted by molar-refractivity contribution is 5.98. The molecule has 1 aliphatic rings. The number of ketones is 1. The summed E-state index contributed by atoms with van der Waals surface area (Å²) in [5, 5.41) is 0. The number of anilines is 1. The van der Waals surface area contributed by atoms with E-state index in [1.54, 1.807) is 12.4 Å². The molecule has 130 valence electrons. The molecule has 5 nitrogen and oxygen atoms in total. The molecular formula is C20H23N3O2. The summed E-state index contributed by atoms with van der Waals surface area (Å²) in [6.07, 6.45) is 4.11. The fourth-order valence-electron chi connectivity index (χ4n) is 3.03. The molecule has 3 rings (SSSR count). The second kappa shape index (κ2) is 7.92. The third-order valence-electron chi connectivity index (χ3n) is 4.60. The Labute approximate surface area is 148 Å². The Morgan fingerprint density at radius 3 is 2.20 bits per heavy atom. The summed E-state index contributed by atoms with van der Waals surface area (Å²) >= 11 is 0. The third kappa shape index (κ3) is 4.44. The van der Waals surface area contributed by atoms with Gasteiger partial charge < -0.3 is 9.80 Å². The molecule has 1 saturated heterocycles. The fourth-order valence-corrected chi connectivity index (χ4v) is 3.03. The van der Waals surface area contributed by atoms with Crippen LogP contribution in [-0.4, -0.2) is 47.8 Å². The summed E-state index contributed by atoms with van der Waals surface area (Å²) in [5.41, 5.74) is 2.94. The highest BCUT2D eigenvalue weighted by Gasteiger charge is 2.21. The molecule has 1 aliphatic heterocycles. The normalized spacial score (nSPS) is 14.4. The molecule has 1 fully saturated rings. The standard InChI is InChI=1S/C20H23N3O2/c1-16-2-4-17(5-3-16)19(24)6-7-20(25)23-14-12-22(13-15-23)18-8-10-21-11-9-18/h2-5,8-11H,6-7,12-15H2,1H3. The van der Waals surface area contributed by atoms with Crippen LogP contribution in [0, 0.1) is 6.92 Å². The number of aryl methyl sites for hydroxylation is 1. The van der Waals surface area contributed by atoms with E-state index in [9.17, 15) is 9.59 Å². The number of carbonyl (C=O) groups is 2. The lowest BCUT2D eigenvalue weighted by molar-refractivity contribution is -0.131. The highest BCUT2D eigenvalue weighted by atomic mass is 16.2. The summed E-state index contributed by atoms with van der Waals surface area (Å²) < 4.78 is 0. The van der Waals surface area contributed by atoms with Gasteiger partial charge in [0.1, 0.15) is 0 Å². The Morgan fingerprint density at radius 2 is 1.56 bits per heavy atom. The van der Waals surface area contributed by atoms with E-state index in [4.69, 9.17) is 0 Å². The van der Waals surface area contributed by atoms with Gasteiger partial charge in [-0.2, -0.15) is 0 Å². The van der Waals surface area contributed by atoms with Crippen molar-refractivity contribution in [2.24, 2.45) is 0 Å². The fraction of sp³-hybridized carbons (Fsp3) is 0.350. The number of nitrogens with zero attached hydrogens (tertiary/aromatic N) is 3. The maximum absolute atomic E-state index is 12.4. The van der Waals surface area contributed by atoms with Crippen molar-refractivity contribution in [2.75, 3.05) is 31.1 Å². The first-order valence-corrected chi connectivity index (χ1v) is 8.66. The van der Waals surface area contributed by atoms with Gasteiger partial charge in [0.05, 0.1) is 0 Å². The van der Waals surface area contributed by atoms with E-state index in [1.165, 1.54) is 0 Å². The topological polar surface area (TPSA) is 53.5 Å². The molecule has 25 heavy (non-hydrogen) atoms. The maximum atomic E-state index is 12.4. The third-order valence-corrected chi connectivity index (χ3v) is 4.60. The zero-order valence-corrected chi connectivity index (χ0v) is 14.5. The lowest BCUT2D eigenvalue weighted by Gasteiger charge is -2.36. The zero-order chi connectivity index (χ0) is 17.6. The number of piperazine rings is 1. The number of rotatable bonds is 5. The van der Waals surface area contributed by atoms with Crippen molar-refractivity contribution in [1.29, 1.82) is 0 Å². The number of amides is 1. The minimum atomic E-state index is 0.0313. The van der Waals surface area contributed by atoms with Crippen molar-refractivity contribution >= 4 is 17.4 Å². The van der Waals surface area contributed by atoms with E-state index in [-0.39, 0.29) is 24.5 Å². The molecule has 0 saturated carbocycles. The molecule has 5 heteroatoms. The molecule has 1 amide bonds. The van der Waals surface area contributed by atoms with E-state index in [0.29, 0.717) is 18.7 Å². The van der Waals surface area contributed by atoms with Gasteiger partial charge in [0, 0.05) is 62.7 Å². The van der Waals surface area contributed by atoms with E-state index in [2.05, 4.69) is 9.88 Å². The average molecular weight is 337 g/mol. The first-order chi connectivity index (χ1) is 12.1. The van der Waals surface area contributed by atoms with Crippen LogP contribution < -0.4 is 4.90 Å². The number of hydrogen-bond acceptors (Lipinski definition) is 4. The van der Waals surface area contributed by atoms with Gasteiger partial charge in [-0.05, 0) is 19.1 Å². The average Bonchev–Trinajstić information content (AvgIpc) is 2.67. The molecule has 2 aromatic rings. The molecule has 0 radical (unpaired) electrons. The lowest BCUT2D eigenvalue weighted by Crippen LogP contribution is -2.48. The highest BCUT2D eigenvalue weighted by Crippen LogP contribution is 2.16. The predicted molar refractivity (Wildman–Crippen MR) is 97.8 cm³/mol. The quantitative estimate of drug-likeness (QED) is 0.787. The van der Waals surface area contributed by atoms with Crippen LogP contribution in [0.25, 0.3) is 0 Å². The van der Waals surface area contributed by atoms with E-state index < -0.39 is 0 Å². The number of hydrogen-bond donors (Lipinski definition) is 0. The van der Waals surface area contributed by atoms with Gasteiger partial charge in [-0.15, -0.1) is 0 Å².